The van der Waals surface area contributed by atoms with Crippen LogP contribution in [0.1, 0.15) is 32.1 Å². The van der Waals surface area contributed by atoms with Crippen molar-refractivity contribution in [1.29, 1.82) is 0 Å². The number of amides is 1. The van der Waals surface area contributed by atoms with Crippen LogP contribution in [0.5, 0.6) is 5.75 Å². The Balaban J connectivity index is 1.66. The minimum absolute atomic E-state index is 0.198. The molecule has 0 heterocycles. The lowest BCUT2D eigenvalue weighted by Crippen LogP contribution is -2.42. The molecule has 1 aliphatic rings. The zero-order valence-corrected chi connectivity index (χ0v) is 17.2. The Morgan fingerprint density at radius 3 is 2.52 bits per heavy atom. The quantitative estimate of drug-likeness (QED) is 0.453. The van der Waals surface area contributed by atoms with Crippen LogP contribution in [0.2, 0.25) is 5.02 Å². The number of hydrogen-bond donors (Lipinski definition) is 0. The Morgan fingerprint density at radius 2 is 1.89 bits per heavy atom. The van der Waals surface area contributed by atoms with Crippen LogP contribution in [-0.2, 0) is 4.74 Å². The summed E-state index contributed by atoms with van der Waals surface area (Å²) >= 11 is 5.85. The molecule has 0 N–H and O–H groups in total. The van der Waals surface area contributed by atoms with Crippen molar-refractivity contribution >= 4 is 17.7 Å². The molecule has 0 bridgehead atoms. The van der Waals surface area contributed by atoms with Gasteiger partial charge in [0.25, 0.3) is 0 Å². The number of benzene rings is 1. The minimum atomic E-state index is -0.327. The van der Waals surface area contributed by atoms with Gasteiger partial charge in [0.2, 0.25) is 0 Å². The summed E-state index contributed by atoms with van der Waals surface area (Å²) in [6, 6.07) is 7.02. The summed E-state index contributed by atoms with van der Waals surface area (Å²) in [5, 5.41) is 0.619. The van der Waals surface area contributed by atoms with Gasteiger partial charge in [-0.15, -0.1) is 6.58 Å². The van der Waals surface area contributed by atoms with Crippen LogP contribution >= 0.6 is 11.6 Å². The minimum Gasteiger partial charge on any atom is -0.410 e. The van der Waals surface area contributed by atoms with Gasteiger partial charge in [-0.25, -0.2) is 4.79 Å². The number of hydrogen-bond acceptors (Lipinski definition) is 4. The molecule has 0 aromatic heterocycles. The molecule has 0 radical (unpaired) electrons. The van der Waals surface area contributed by atoms with Crippen LogP contribution in [-0.4, -0.2) is 61.8 Å². The van der Waals surface area contributed by atoms with Crippen LogP contribution in [0.4, 0.5) is 4.79 Å². The highest BCUT2D eigenvalue weighted by atomic mass is 35.5. The van der Waals surface area contributed by atoms with Gasteiger partial charge in [0, 0.05) is 37.8 Å². The molecule has 1 fully saturated rings. The number of carbonyl (C=O) groups excluding carboxylic acids is 1. The van der Waals surface area contributed by atoms with Crippen molar-refractivity contribution in [2.75, 3.05) is 33.8 Å². The Morgan fingerprint density at radius 1 is 1.22 bits per heavy atom. The van der Waals surface area contributed by atoms with Crippen molar-refractivity contribution in [3.8, 4) is 5.75 Å². The molecule has 5 nitrogen and oxygen atoms in total. The number of nitrogens with zero attached hydrogens (tertiary/aromatic N) is 2. The molecule has 0 atom stereocenters. The summed E-state index contributed by atoms with van der Waals surface area (Å²) in [6.07, 6.45) is 6.74. The molecule has 6 heteroatoms. The smallest absolute Gasteiger partial charge is 0.410 e. The zero-order chi connectivity index (χ0) is 19.6. The summed E-state index contributed by atoms with van der Waals surface area (Å²) in [5.41, 5.74) is 0. The van der Waals surface area contributed by atoms with E-state index in [1.165, 1.54) is 0 Å². The van der Waals surface area contributed by atoms with E-state index in [1.807, 2.05) is 6.08 Å². The van der Waals surface area contributed by atoms with Crippen molar-refractivity contribution in [3.63, 3.8) is 0 Å². The van der Waals surface area contributed by atoms with Crippen LogP contribution in [0, 0.1) is 0 Å². The summed E-state index contributed by atoms with van der Waals surface area (Å²) in [4.78, 5) is 16.3. The molecule has 1 aromatic carbocycles. The van der Waals surface area contributed by atoms with Crippen molar-refractivity contribution in [1.82, 2.24) is 9.80 Å². The third kappa shape index (κ3) is 7.53. The first-order chi connectivity index (χ1) is 13.0. The Hall–Kier alpha value is -1.56. The summed E-state index contributed by atoms with van der Waals surface area (Å²) in [6.45, 7) is 6.45. The number of rotatable bonds is 9. The fourth-order valence-electron chi connectivity index (χ4n) is 3.32. The standard InChI is InChI=1S/C21H31ClN2O3/c1-4-14-23(2)15-5-16-26-19-12-8-18(9-13-19)24(3)21(25)27-20-10-6-17(22)7-11-20/h4,6-7,10-11,18-19H,1,5,8-9,12-16H2,2-3H3/t18-,19-. The molecule has 1 amide bonds. The Kier molecular flexibility index (Phi) is 9.11. The first-order valence-electron chi connectivity index (χ1n) is 9.61. The van der Waals surface area contributed by atoms with Crippen LogP contribution in [0.15, 0.2) is 36.9 Å². The predicted octanol–water partition coefficient (Wildman–Crippen LogP) is 4.61. The number of ether oxygens (including phenoxy) is 2. The SMILES string of the molecule is C=CCN(C)CCCO[C@H]1CC[C@H](N(C)C(=O)Oc2ccc(Cl)cc2)CC1. The van der Waals surface area contributed by atoms with Crippen molar-refractivity contribution in [2.24, 2.45) is 0 Å². The maximum Gasteiger partial charge on any atom is 0.415 e. The van der Waals surface area contributed by atoms with Crippen molar-refractivity contribution < 1.29 is 14.3 Å². The van der Waals surface area contributed by atoms with Gasteiger partial charge >= 0.3 is 6.09 Å². The monoisotopic (exact) mass is 394 g/mol. The molecule has 150 valence electrons. The van der Waals surface area contributed by atoms with E-state index in [1.54, 1.807) is 36.2 Å². The molecule has 2 rings (SSSR count). The lowest BCUT2D eigenvalue weighted by atomic mass is 9.92. The van der Waals surface area contributed by atoms with E-state index < -0.39 is 0 Å². The third-order valence-corrected chi connectivity index (χ3v) is 5.23. The van der Waals surface area contributed by atoms with Gasteiger partial charge in [-0.05, 0) is 63.4 Å². The first kappa shape index (κ1) is 21.7. The number of halogens is 1. The highest BCUT2D eigenvalue weighted by Crippen LogP contribution is 2.25. The molecule has 1 aliphatic carbocycles. The Bertz CT molecular complexity index is 586. The van der Waals surface area contributed by atoms with Crippen molar-refractivity contribution in [2.45, 2.75) is 44.2 Å². The van der Waals surface area contributed by atoms with E-state index >= 15 is 0 Å². The van der Waals surface area contributed by atoms with E-state index in [0.29, 0.717) is 16.9 Å². The predicted molar refractivity (Wildman–Crippen MR) is 110 cm³/mol. The second-order valence-corrected chi connectivity index (χ2v) is 7.58. The fraction of sp³-hybridized carbons (Fsp3) is 0.571. The normalized spacial score (nSPS) is 19.7. The van der Waals surface area contributed by atoms with Crippen LogP contribution < -0.4 is 4.74 Å². The highest BCUT2D eigenvalue weighted by Gasteiger charge is 2.27. The zero-order valence-electron chi connectivity index (χ0n) is 16.4. The molecule has 0 saturated heterocycles. The summed E-state index contributed by atoms with van der Waals surface area (Å²) in [7, 11) is 3.89. The molecular weight excluding hydrogens is 364 g/mol. The van der Waals surface area contributed by atoms with Crippen LogP contribution in [0.25, 0.3) is 0 Å². The lowest BCUT2D eigenvalue weighted by Gasteiger charge is -2.34. The van der Waals surface area contributed by atoms with Crippen molar-refractivity contribution in [3.05, 3.63) is 41.9 Å². The van der Waals surface area contributed by atoms with E-state index in [2.05, 4.69) is 18.5 Å². The average Bonchev–Trinajstić information content (AvgIpc) is 2.67. The van der Waals surface area contributed by atoms with E-state index in [4.69, 9.17) is 21.1 Å². The summed E-state index contributed by atoms with van der Waals surface area (Å²) < 4.78 is 11.4. The topological polar surface area (TPSA) is 42.0 Å². The molecular formula is C21H31ClN2O3. The average molecular weight is 395 g/mol. The molecule has 1 saturated carbocycles. The van der Waals surface area contributed by atoms with Gasteiger partial charge in [-0.1, -0.05) is 17.7 Å². The third-order valence-electron chi connectivity index (χ3n) is 4.98. The molecule has 27 heavy (non-hydrogen) atoms. The maximum absolute atomic E-state index is 12.3. The molecule has 1 aromatic rings. The van der Waals surface area contributed by atoms with Crippen LogP contribution in [0.3, 0.4) is 0 Å². The summed E-state index contributed by atoms with van der Waals surface area (Å²) in [5.74, 6) is 0.509. The fourth-order valence-corrected chi connectivity index (χ4v) is 3.45. The molecule has 0 unspecified atom stereocenters. The van der Waals surface area contributed by atoms with Gasteiger partial charge < -0.3 is 19.3 Å². The Labute approximate surface area is 167 Å². The number of carbonyl (C=O) groups is 1. The van der Waals surface area contributed by atoms with Gasteiger partial charge in [0.15, 0.2) is 0 Å². The van der Waals surface area contributed by atoms with E-state index in [9.17, 15) is 4.79 Å². The van der Waals surface area contributed by atoms with Gasteiger partial charge in [0.1, 0.15) is 5.75 Å². The number of likely N-dealkylation sites (N-methyl/N-ethyl adjacent to an activating group) is 1. The highest BCUT2D eigenvalue weighted by molar-refractivity contribution is 6.30. The van der Waals surface area contributed by atoms with E-state index in [0.717, 1.165) is 51.8 Å². The lowest BCUT2D eigenvalue weighted by molar-refractivity contribution is 0.00923. The molecule has 0 spiro atoms. The largest absolute Gasteiger partial charge is 0.415 e. The second-order valence-electron chi connectivity index (χ2n) is 7.14. The van der Waals surface area contributed by atoms with Gasteiger partial charge in [-0.2, -0.15) is 0 Å². The van der Waals surface area contributed by atoms with Gasteiger partial charge in [0.05, 0.1) is 6.10 Å². The van der Waals surface area contributed by atoms with E-state index in [-0.39, 0.29) is 12.1 Å². The first-order valence-corrected chi connectivity index (χ1v) is 9.98. The second kappa shape index (κ2) is 11.3. The maximum atomic E-state index is 12.3. The molecule has 0 aliphatic heterocycles. The van der Waals surface area contributed by atoms with Gasteiger partial charge in [-0.3, -0.25) is 0 Å².